The molecule has 0 radical (unpaired) electrons. The average Bonchev–Trinajstić information content (AvgIpc) is 2.40. The lowest BCUT2D eigenvalue weighted by atomic mass is 9.70. The van der Waals surface area contributed by atoms with Crippen LogP contribution >= 0.6 is 0 Å². The molecule has 1 atom stereocenters. The van der Waals surface area contributed by atoms with Gasteiger partial charge < -0.3 is 10.1 Å². The molecular weight excluding hydrogens is 234 g/mol. The minimum Gasteiger partial charge on any atom is -0.502 e. The average molecular weight is 259 g/mol. The molecule has 0 heterocycles. The predicted molar refractivity (Wildman–Crippen MR) is 80.1 cm³/mol. The number of hydrogen-bond donors (Lipinski definition) is 1. The summed E-state index contributed by atoms with van der Waals surface area (Å²) in [5.41, 5.74) is 3.29. The molecule has 0 saturated heterocycles. The van der Waals surface area contributed by atoms with Crippen LogP contribution in [0.25, 0.3) is 0 Å². The van der Waals surface area contributed by atoms with Crippen LogP contribution in [0, 0.1) is 5.41 Å². The Balaban J connectivity index is 2.01. The van der Waals surface area contributed by atoms with Crippen molar-refractivity contribution in [1.29, 1.82) is 0 Å². The van der Waals surface area contributed by atoms with Crippen LogP contribution in [-0.4, -0.2) is 13.2 Å². The summed E-state index contributed by atoms with van der Waals surface area (Å²) in [4.78, 5) is 0. The highest BCUT2D eigenvalue weighted by molar-refractivity contribution is 5.34. The van der Waals surface area contributed by atoms with Crippen LogP contribution in [0.4, 0.5) is 0 Å². The molecular formula is C17H25NO. The van der Waals surface area contributed by atoms with Gasteiger partial charge in [-0.15, -0.1) is 0 Å². The molecule has 1 aromatic rings. The Kier molecular flexibility index (Phi) is 4.65. The third-order valence-electron chi connectivity index (χ3n) is 4.09. The van der Waals surface area contributed by atoms with Crippen LogP contribution in [0.1, 0.15) is 43.9 Å². The first kappa shape index (κ1) is 14.1. The maximum absolute atomic E-state index is 5.17. The second-order valence-corrected chi connectivity index (χ2v) is 5.97. The summed E-state index contributed by atoms with van der Waals surface area (Å²) < 4.78 is 5.17. The second kappa shape index (κ2) is 6.25. The fourth-order valence-corrected chi connectivity index (χ4v) is 2.94. The van der Waals surface area contributed by atoms with Gasteiger partial charge in [0.2, 0.25) is 0 Å². The highest BCUT2D eigenvalue weighted by atomic mass is 16.5. The zero-order valence-electron chi connectivity index (χ0n) is 12.1. The monoisotopic (exact) mass is 259 g/mol. The van der Waals surface area contributed by atoms with Crippen molar-refractivity contribution in [3.63, 3.8) is 0 Å². The van der Waals surface area contributed by atoms with Crippen molar-refractivity contribution in [3.8, 4) is 0 Å². The molecule has 1 aliphatic rings. The smallest absolute Gasteiger partial charge is 0.0885 e. The van der Waals surface area contributed by atoms with Gasteiger partial charge in [0.15, 0.2) is 0 Å². The van der Waals surface area contributed by atoms with E-state index in [2.05, 4.69) is 50.0 Å². The van der Waals surface area contributed by atoms with Crippen LogP contribution in [0.2, 0.25) is 0 Å². The van der Waals surface area contributed by atoms with Crippen molar-refractivity contribution in [2.24, 2.45) is 5.41 Å². The lowest BCUT2D eigenvalue weighted by Gasteiger charge is -2.40. The zero-order chi connectivity index (χ0) is 13.7. The van der Waals surface area contributed by atoms with Crippen LogP contribution < -0.4 is 5.32 Å². The van der Waals surface area contributed by atoms with Crippen LogP contribution in [0.5, 0.6) is 0 Å². The summed E-state index contributed by atoms with van der Waals surface area (Å²) >= 11 is 0. The number of hydrogen-bond acceptors (Lipinski definition) is 2. The number of aryl methyl sites for hydroxylation is 1. The van der Waals surface area contributed by atoms with Gasteiger partial charge in [-0.1, -0.05) is 44.7 Å². The van der Waals surface area contributed by atoms with Gasteiger partial charge in [-0.2, -0.15) is 0 Å². The van der Waals surface area contributed by atoms with Gasteiger partial charge in [-0.25, -0.2) is 0 Å². The first-order chi connectivity index (χ1) is 9.15. The second-order valence-electron chi connectivity index (χ2n) is 5.97. The van der Waals surface area contributed by atoms with Crippen LogP contribution in [0.3, 0.4) is 0 Å². The Bertz CT molecular complexity index is 425. The molecule has 19 heavy (non-hydrogen) atoms. The van der Waals surface area contributed by atoms with Crippen molar-refractivity contribution in [2.75, 3.05) is 13.2 Å². The van der Waals surface area contributed by atoms with Crippen LogP contribution in [0.15, 0.2) is 37.1 Å². The standard InChI is InChI=1S/C17H25NO/c1-4-19-13-7-12-18-16-15-9-6-5-8-14(15)10-11-17(16,2)3/h4-6,8-9,16,18H,1,7,10-13H2,2-3H3. The van der Waals surface area contributed by atoms with Crippen molar-refractivity contribution in [2.45, 2.75) is 39.2 Å². The summed E-state index contributed by atoms with van der Waals surface area (Å²) in [5.74, 6) is 0. The fraction of sp³-hybridized carbons (Fsp3) is 0.529. The Morgan fingerprint density at radius 2 is 2.21 bits per heavy atom. The summed E-state index contributed by atoms with van der Waals surface area (Å²) in [7, 11) is 0. The molecule has 0 bridgehead atoms. The van der Waals surface area contributed by atoms with E-state index in [1.54, 1.807) is 0 Å². The molecule has 1 N–H and O–H groups in total. The Labute approximate surface area is 116 Å². The van der Waals surface area contributed by atoms with E-state index in [1.807, 2.05) is 0 Å². The molecule has 0 spiro atoms. The lowest BCUT2D eigenvalue weighted by molar-refractivity contribution is 0.197. The minimum atomic E-state index is 0.313. The first-order valence-electron chi connectivity index (χ1n) is 7.19. The largest absolute Gasteiger partial charge is 0.502 e. The van der Waals surface area contributed by atoms with Gasteiger partial charge >= 0.3 is 0 Å². The molecule has 0 aliphatic heterocycles. The quantitative estimate of drug-likeness (QED) is 0.619. The van der Waals surface area contributed by atoms with E-state index in [1.165, 1.54) is 30.2 Å². The highest BCUT2D eigenvalue weighted by Gasteiger charge is 2.34. The summed E-state index contributed by atoms with van der Waals surface area (Å²) in [6, 6.07) is 9.28. The van der Waals surface area contributed by atoms with E-state index in [0.29, 0.717) is 11.5 Å². The molecule has 2 rings (SSSR count). The van der Waals surface area contributed by atoms with Gasteiger partial charge in [0.1, 0.15) is 0 Å². The molecule has 104 valence electrons. The van der Waals surface area contributed by atoms with Crippen molar-refractivity contribution in [3.05, 3.63) is 48.2 Å². The number of rotatable bonds is 6. The molecule has 1 unspecified atom stereocenters. The number of benzene rings is 1. The zero-order valence-corrected chi connectivity index (χ0v) is 12.1. The van der Waals surface area contributed by atoms with Gasteiger partial charge in [0.25, 0.3) is 0 Å². The first-order valence-corrected chi connectivity index (χ1v) is 7.19. The SMILES string of the molecule is C=COCCCNC1c2ccccc2CCC1(C)C. The van der Waals surface area contributed by atoms with Crippen LogP contribution in [-0.2, 0) is 11.2 Å². The normalized spacial score (nSPS) is 20.6. The molecule has 2 nitrogen and oxygen atoms in total. The fourth-order valence-electron chi connectivity index (χ4n) is 2.94. The third-order valence-corrected chi connectivity index (χ3v) is 4.09. The van der Waals surface area contributed by atoms with E-state index < -0.39 is 0 Å². The molecule has 1 aliphatic carbocycles. The lowest BCUT2D eigenvalue weighted by Crippen LogP contribution is -2.38. The molecule has 0 fully saturated rings. The highest BCUT2D eigenvalue weighted by Crippen LogP contribution is 2.43. The molecule has 0 saturated carbocycles. The summed E-state index contributed by atoms with van der Waals surface area (Å²) in [6.07, 6.45) is 4.96. The molecule has 0 amide bonds. The van der Waals surface area contributed by atoms with Gasteiger partial charge in [-0.3, -0.25) is 0 Å². The number of fused-ring (bicyclic) bond motifs is 1. The maximum Gasteiger partial charge on any atom is 0.0885 e. The van der Waals surface area contributed by atoms with Gasteiger partial charge in [0, 0.05) is 6.04 Å². The molecule has 0 aromatic heterocycles. The number of nitrogens with one attached hydrogen (secondary N) is 1. The van der Waals surface area contributed by atoms with Gasteiger partial charge in [0.05, 0.1) is 12.9 Å². The topological polar surface area (TPSA) is 21.3 Å². The minimum absolute atomic E-state index is 0.313. The Hall–Kier alpha value is -1.28. The Morgan fingerprint density at radius 3 is 3.00 bits per heavy atom. The van der Waals surface area contributed by atoms with Crippen molar-refractivity contribution >= 4 is 0 Å². The van der Waals surface area contributed by atoms with E-state index in [-0.39, 0.29) is 0 Å². The van der Waals surface area contributed by atoms with Gasteiger partial charge in [-0.05, 0) is 42.3 Å². The number of ether oxygens (including phenoxy) is 1. The van der Waals surface area contributed by atoms with E-state index in [0.717, 1.165) is 19.6 Å². The summed E-state index contributed by atoms with van der Waals surface area (Å²) in [5, 5.41) is 3.71. The Morgan fingerprint density at radius 1 is 1.42 bits per heavy atom. The summed E-state index contributed by atoms with van der Waals surface area (Å²) in [6.45, 7) is 10.0. The maximum atomic E-state index is 5.17. The van der Waals surface area contributed by atoms with E-state index in [4.69, 9.17) is 4.74 Å². The van der Waals surface area contributed by atoms with E-state index in [9.17, 15) is 0 Å². The predicted octanol–water partition coefficient (Wildman–Crippen LogP) is 3.84. The molecule has 2 heteroatoms. The molecule has 1 aromatic carbocycles. The van der Waals surface area contributed by atoms with Crippen molar-refractivity contribution < 1.29 is 4.74 Å². The van der Waals surface area contributed by atoms with Crippen molar-refractivity contribution in [1.82, 2.24) is 5.32 Å². The van der Waals surface area contributed by atoms with E-state index >= 15 is 0 Å². The third kappa shape index (κ3) is 3.38.